The van der Waals surface area contributed by atoms with Crippen molar-refractivity contribution in [3.8, 4) is 0 Å². The molecule has 0 unspecified atom stereocenters. The molecule has 7 heteroatoms. The number of carbonyl (C=O) groups is 1. The molecule has 2 N–H and O–H groups in total. The molecule has 1 aromatic carbocycles. The van der Waals surface area contributed by atoms with Crippen LogP contribution >= 0.6 is 0 Å². The van der Waals surface area contributed by atoms with Crippen molar-refractivity contribution in [3.05, 3.63) is 53.7 Å². The number of aromatic nitrogens is 2. The maximum absolute atomic E-state index is 12.8. The van der Waals surface area contributed by atoms with Gasteiger partial charge in [-0.25, -0.2) is 14.4 Å². The molecule has 1 amide bonds. The van der Waals surface area contributed by atoms with Crippen molar-refractivity contribution in [2.45, 2.75) is 13.0 Å². The monoisotopic (exact) mass is 331 g/mol. The van der Waals surface area contributed by atoms with Crippen molar-refractivity contribution in [2.24, 2.45) is 0 Å². The number of halogens is 1. The zero-order valence-electron chi connectivity index (χ0n) is 13.9. The van der Waals surface area contributed by atoms with E-state index in [1.165, 1.54) is 18.3 Å². The molecule has 0 aliphatic heterocycles. The van der Waals surface area contributed by atoms with Gasteiger partial charge in [0.05, 0.1) is 12.4 Å². The van der Waals surface area contributed by atoms with Crippen LogP contribution in [-0.2, 0) is 6.54 Å². The van der Waals surface area contributed by atoms with Crippen LogP contribution in [0.25, 0.3) is 0 Å². The van der Waals surface area contributed by atoms with Gasteiger partial charge in [0.1, 0.15) is 17.3 Å². The Morgan fingerprint density at radius 2 is 1.92 bits per heavy atom. The SMILES string of the molecule is CN(C)CCCNc1cnc(C(=O)NCc2ccc(F)cc2)cn1. The van der Waals surface area contributed by atoms with E-state index in [9.17, 15) is 9.18 Å². The quantitative estimate of drug-likeness (QED) is 0.723. The Morgan fingerprint density at radius 3 is 2.54 bits per heavy atom. The summed E-state index contributed by atoms with van der Waals surface area (Å²) in [6.45, 7) is 2.10. The first kappa shape index (κ1) is 17.8. The number of amides is 1. The summed E-state index contributed by atoms with van der Waals surface area (Å²) in [6, 6.07) is 5.97. The van der Waals surface area contributed by atoms with Crippen LogP contribution in [0.4, 0.5) is 10.2 Å². The molecular formula is C17H22FN5O. The largest absolute Gasteiger partial charge is 0.369 e. The third kappa shape index (κ3) is 5.92. The zero-order valence-corrected chi connectivity index (χ0v) is 13.9. The number of carbonyl (C=O) groups excluding carboxylic acids is 1. The zero-order chi connectivity index (χ0) is 17.4. The maximum Gasteiger partial charge on any atom is 0.271 e. The van der Waals surface area contributed by atoms with E-state index in [1.807, 2.05) is 14.1 Å². The van der Waals surface area contributed by atoms with Crippen molar-refractivity contribution in [1.82, 2.24) is 20.2 Å². The first-order valence-corrected chi connectivity index (χ1v) is 7.78. The Balaban J connectivity index is 1.79. The molecule has 6 nitrogen and oxygen atoms in total. The molecule has 24 heavy (non-hydrogen) atoms. The molecule has 1 heterocycles. The second-order valence-electron chi connectivity index (χ2n) is 5.68. The smallest absolute Gasteiger partial charge is 0.271 e. The summed E-state index contributed by atoms with van der Waals surface area (Å²) in [5, 5.41) is 5.89. The number of rotatable bonds is 8. The molecule has 0 radical (unpaired) electrons. The van der Waals surface area contributed by atoms with Crippen molar-refractivity contribution < 1.29 is 9.18 Å². The highest BCUT2D eigenvalue weighted by atomic mass is 19.1. The van der Waals surface area contributed by atoms with Crippen molar-refractivity contribution >= 4 is 11.7 Å². The number of hydrogen-bond donors (Lipinski definition) is 2. The highest BCUT2D eigenvalue weighted by Gasteiger charge is 2.07. The third-order valence-corrected chi connectivity index (χ3v) is 3.34. The molecule has 0 bridgehead atoms. The normalized spacial score (nSPS) is 10.7. The minimum Gasteiger partial charge on any atom is -0.369 e. The molecule has 0 aliphatic rings. The van der Waals surface area contributed by atoms with E-state index in [2.05, 4.69) is 25.5 Å². The van der Waals surface area contributed by atoms with E-state index in [1.54, 1.807) is 18.3 Å². The number of nitrogens with zero attached hydrogens (tertiary/aromatic N) is 3. The first-order valence-electron chi connectivity index (χ1n) is 7.78. The minimum absolute atomic E-state index is 0.246. The fourth-order valence-electron chi connectivity index (χ4n) is 2.02. The van der Waals surface area contributed by atoms with Crippen LogP contribution in [0.3, 0.4) is 0 Å². The maximum atomic E-state index is 12.8. The summed E-state index contributed by atoms with van der Waals surface area (Å²) in [5.41, 5.74) is 1.06. The number of hydrogen-bond acceptors (Lipinski definition) is 5. The molecule has 0 spiro atoms. The van der Waals surface area contributed by atoms with Gasteiger partial charge in [0, 0.05) is 13.1 Å². The van der Waals surface area contributed by atoms with Gasteiger partial charge in [0.15, 0.2) is 0 Å². The van der Waals surface area contributed by atoms with Crippen molar-refractivity contribution in [3.63, 3.8) is 0 Å². The lowest BCUT2D eigenvalue weighted by Gasteiger charge is -2.10. The highest BCUT2D eigenvalue weighted by Crippen LogP contribution is 2.04. The fourth-order valence-corrected chi connectivity index (χ4v) is 2.02. The second kappa shape index (κ2) is 8.93. The standard InChI is InChI=1S/C17H22FN5O/c1-23(2)9-3-8-19-16-12-20-15(11-21-16)17(24)22-10-13-4-6-14(18)7-5-13/h4-7,11-12H,3,8-10H2,1-2H3,(H,19,21)(H,22,24). The molecule has 0 saturated heterocycles. The summed E-state index contributed by atoms with van der Waals surface area (Å²) in [6.07, 6.45) is 3.98. The Hall–Kier alpha value is -2.54. The molecule has 0 atom stereocenters. The van der Waals surface area contributed by atoms with E-state index in [0.29, 0.717) is 12.4 Å². The Labute approximate surface area is 141 Å². The van der Waals surface area contributed by atoms with Gasteiger partial charge >= 0.3 is 0 Å². The summed E-state index contributed by atoms with van der Waals surface area (Å²) < 4.78 is 12.8. The van der Waals surface area contributed by atoms with Crippen molar-refractivity contribution in [1.29, 1.82) is 0 Å². The van der Waals surface area contributed by atoms with Crippen LogP contribution in [0.2, 0.25) is 0 Å². The van der Waals surface area contributed by atoms with Crippen LogP contribution in [0.5, 0.6) is 0 Å². The van der Waals surface area contributed by atoms with Gasteiger partial charge in [-0.1, -0.05) is 12.1 Å². The van der Waals surface area contributed by atoms with Crippen LogP contribution in [0, 0.1) is 5.82 Å². The third-order valence-electron chi connectivity index (χ3n) is 3.34. The molecule has 0 fully saturated rings. The predicted octanol–water partition coefficient (Wildman–Crippen LogP) is 1.91. The Morgan fingerprint density at radius 1 is 1.17 bits per heavy atom. The average Bonchev–Trinajstić information content (AvgIpc) is 2.58. The van der Waals surface area contributed by atoms with Crippen LogP contribution in [0.1, 0.15) is 22.5 Å². The first-order chi connectivity index (χ1) is 11.5. The van der Waals surface area contributed by atoms with Gasteiger partial charge in [-0.15, -0.1) is 0 Å². The number of nitrogens with one attached hydrogen (secondary N) is 2. The number of benzene rings is 1. The Kier molecular flexibility index (Phi) is 6.62. The predicted molar refractivity (Wildman–Crippen MR) is 91.3 cm³/mol. The van der Waals surface area contributed by atoms with E-state index in [0.717, 1.165) is 25.1 Å². The number of anilines is 1. The summed E-state index contributed by atoms with van der Waals surface area (Å²) in [4.78, 5) is 22.4. The van der Waals surface area contributed by atoms with Crippen LogP contribution < -0.4 is 10.6 Å². The molecule has 0 saturated carbocycles. The van der Waals surface area contributed by atoms with E-state index in [4.69, 9.17) is 0 Å². The van der Waals surface area contributed by atoms with Gasteiger partial charge in [0.25, 0.3) is 5.91 Å². The lowest BCUT2D eigenvalue weighted by atomic mass is 10.2. The van der Waals surface area contributed by atoms with E-state index in [-0.39, 0.29) is 17.4 Å². The topological polar surface area (TPSA) is 70.2 Å². The highest BCUT2D eigenvalue weighted by molar-refractivity contribution is 5.91. The van der Waals surface area contributed by atoms with Crippen molar-refractivity contribution in [2.75, 3.05) is 32.5 Å². The summed E-state index contributed by atoms with van der Waals surface area (Å²) >= 11 is 0. The minimum atomic E-state index is -0.314. The molecule has 128 valence electrons. The molecule has 2 rings (SSSR count). The van der Waals surface area contributed by atoms with Gasteiger partial charge in [0.2, 0.25) is 0 Å². The Bertz CT molecular complexity index is 643. The summed E-state index contributed by atoms with van der Waals surface area (Å²) in [7, 11) is 4.05. The van der Waals surface area contributed by atoms with Gasteiger partial charge < -0.3 is 15.5 Å². The molecule has 1 aromatic heterocycles. The van der Waals surface area contributed by atoms with Gasteiger partial charge in [-0.2, -0.15) is 0 Å². The lowest BCUT2D eigenvalue weighted by Crippen LogP contribution is -2.24. The van der Waals surface area contributed by atoms with Crippen LogP contribution in [0.15, 0.2) is 36.7 Å². The molecular weight excluding hydrogens is 309 g/mol. The average molecular weight is 331 g/mol. The van der Waals surface area contributed by atoms with E-state index < -0.39 is 0 Å². The fraction of sp³-hybridized carbons (Fsp3) is 0.353. The lowest BCUT2D eigenvalue weighted by molar-refractivity contribution is 0.0945. The van der Waals surface area contributed by atoms with Gasteiger partial charge in [-0.05, 0) is 44.8 Å². The molecule has 2 aromatic rings. The van der Waals surface area contributed by atoms with Gasteiger partial charge in [-0.3, -0.25) is 4.79 Å². The van der Waals surface area contributed by atoms with Crippen LogP contribution in [-0.4, -0.2) is 48.0 Å². The van der Waals surface area contributed by atoms with E-state index >= 15 is 0 Å². The second-order valence-corrected chi connectivity index (χ2v) is 5.68. The summed E-state index contributed by atoms with van der Waals surface area (Å²) in [5.74, 6) is 0.0273. The molecule has 0 aliphatic carbocycles.